The monoisotopic (exact) mass is 446 g/mol. The molecule has 1 atom stereocenters. The topological polar surface area (TPSA) is 110 Å². The molecule has 4 heterocycles. The molecule has 0 unspecified atom stereocenters. The Bertz CT molecular complexity index is 1370. The number of fused-ring (bicyclic) bond motifs is 7. The van der Waals surface area contributed by atoms with Gasteiger partial charge < -0.3 is 10.5 Å². The van der Waals surface area contributed by atoms with E-state index >= 15 is 0 Å². The van der Waals surface area contributed by atoms with E-state index in [4.69, 9.17) is 15.5 Å². The van der Waals surface area contributed by atoms with Crippen molar-refractivity contribution in [1.82, 2.24) is 34.7 Å². The molecular formula is C23H23FN8O. The summed E-state index contributed by atoms with van der Waals surface area (Å²) in [6, 6.07) is 4.59. The average Bonchev–Trinajstić information content (AvgIpc) is 3.41. The highest BCUT2D eigenvalue weighted by atomic mass is 19.1. The van der Waals surface area contributed by atoms with Gasteiger partial charge in [-0.1, -0.05) is 0 Å². The number of hydrogen-bond donors (Lipinski definition) is 1. The largest absolute Gasteiger partial charge is 0.467 e. The third-order valence-corrected chi connectivity index (χ3v) is 6.19. The predicted molar refractivity (Wildman–Crippen MR) is 119 cm³/mol. The van der Waals surface area contributed by atoms with Gasteiger partial charge in [-0.2, -0.15) is 20.1 Å². The second-order valence-electron chi connectivity index (χ2n) is 8.74. The minimum atomic E-state index is -0.548. The van der Waals surface area contributed by atoms with Crippen molar-refractivity contribution in [3.05, 3.63) is 53.2 Å². The second kappa shape index (κ2) is 7.36. The number of halogens is 1. The third kappa shape index (κ3) is 3.51. The number of rotatable bonds is 2. The van der Waals surface area contributed by atoms with Crippen molar-refractivity contribution in [3.63, 3.8) is 0 Å². The maximum Gasteiger partial charge on any atom is 0.258 e. The van der Waals surface area contributed by atoms with Gasteiger partial charge in [0.1, 0.15) is 23.3 Å². The summed E-state index contributed by atoms with van der Waals surface area (Å²) < 4.78 is 22.4. The van der Waals surface area contributed by atoms with Crippen molar-refractivity contribution in [2.45, 2.75) is 38.8 Å². The number of ether oxygens (including phenoxy) is 1. The highest BCUT2D eigenvalue weighted by Gasteiger charge is 2.28. The molecule has 4 aromatic rings. The Morgan fingerprint density at radius 1 is 1.21 bits per heavy atom. The van der Waals surface area contributed by atoms with E-state index in [1.165, 1.54) is 29.8 Å². The summed E-state index contributed by atoms with van der Waals surface area (Å²) in [6.07, 6.45) is 5.86. The van der Waals surface area contributed by atoms with Crippen molar-refractivity contribution < 1.29 is 9.13 Å². The Morgan fingerprint density at radius 2 is 2.06 bits per heavy atom. The van der Waals surface area contributed by atoms with Crippen LogP contribution in [0, 0.1) is 11.7 Å². The maximum absolute atomic E-state index is 14.3. The highest BCUT2D eigenvalue weighted by Crippen LogP contribution is 2.37. The normalized spacial score (nSPS) is 17.2. The lowest BCUT2D eigenvalue weighted by Gasteiger charge is -2.20. The molecule has 0 spiro atoms. The summed E-state index contributed by atoms with van der Waals surface area (Å²) in [4.78, 5) is 10.6. The number of aryl methyl sites for hydroxylation is 1. The predicted octanol–water partition coefficient (Wildman–Crippen LogP) is 3.31. The van der Waals surface area contributed by atoms with E-state index in [1.807, 2.05) is 17.8 Å². The number of nitrogens with zero attached hydrogens (tertiary/aromatic N) is 7. The summed E-state index contributed by atoms with van der Waals surface area (Å²) in [6.45, 7) is 2.65. The molecule has 1 aliphatic carbocycles. The van der Waals surface area contributed by atoms with E-state index in [-0.39, 0.29) is 17.5 Å². The van der Waals surface area contributed by atoms with Gasteiger partial charge in [0.25, 0.3) is 5.88 Å². The third-order valence-electron chi connectivity index (χ3n) is 6.19. The van der Waals surface area contributed by atoms with Crippen LogP contribution in [0.25, 0.3) is 22.6 Å². The molecule has 1 saturated carbocycles. The number of hydrogen-bond acceptors (Lipinski definition) is 7. The van der Waals surface area contributed by atoms with Gasteiger partial charge in [-0.05, 0) is 43.9 Å². The standard InChI is InChI=1S/C23H23FN8O/c1-12-17-8-15(24)5-6-16(17)20-18(29-31(2)30-20)7-14-9-27-32(11-13-3-4-13)21(14)19-10-26-22(25)23(28-19)33-12/h5-6,8-10,12-13H,3-4,7,11H2,1-2H3,(H2,25,26)/t12-/m1/s1. The van der Waals surface area contributed by atoms with Gasteiger partial charge in [-0.3, -0.25) is 4.68 Å². The summed E-state index contributed by atoms with van der Waals surface area (Å²) in [5.74, 6) is 0.649. The Kier molecular flexibility index (Phi) is 4.42. The molecule has 2 aliphatic rings. The van der Waals surface area contributed by atoms with Crippen molar-refractivity contribution in [1.29, 1.82) is 0 Å². The molecule has 6 rings (SSSR count). The first kappa shape index (κ1) is 19.8. The number of aromatic nitrogens is 7. The van der Waals surface area contributed by atoms with Gasteiger partial charge in [0.15, 0.2) is 5.82 Å². The van der Waals surface area contributed by atoms with E-state index in [9.17, 15) is 4.39 Å². The molecule has 2 bridgehead atoms. The van der Waals surface area contributed by atoms with Crippen LogP contribution in [0.1, 0.15) is 42.7 Å². The molecule has 9 nitrogen and oxygen atoms in total. The zero-order valence-electron chi connectivity index (χ0n) is 18.4. The Balaban J connectivity index is 1.60. The Labute approximate surface area is 189 Å². The molecule has 33 heavy (non-hydrogen) atoms. The minimum absolute atomic E-state index is 0.176. The molecule has 1 aliphatic heterocycles. The number of nitrogen functional groups attached to an aromatic ring is 1. The zero-order valence-corrected chi connectivity index (χ0v) is 18.4. The number of benzene rings is 1. The molecule has 3 aromatic heterocycles. The number of nitrogens with two attached hydrogens (primary N) is 1. The lowest BCUT2D eigenvalue weighted by atomic mass is 9.97. The summed E-state index contributed by atoms with van der Waals surface area (Å²) in [5.41, 5.74) is 11.4. The first-order valence-electron chi connectivity index (χ1n) is 11.0. The van der Waals surface area contributed by atoms with Crippen LogP contribution in [0.15, 0.2) is 30.6 Å². The molecule has 1 fully saturated rings. The van der Waals surface area contributed by atoms with Crippen LogP contribution < -0.4 is 10.5 Å². The smallest absolute Gasteiger partial charge is 0.258 e. The van der Waals surface area contributed by atoms with Crippen molar-refractivity contribution in [2.24, 2.45) is 13.0 Å². The van der Waals surface area contributed by atoms with Gasteiger partial charge in [0.2, 0.25) is 0 Å². The fourth-order valence-electron chi connectivity index (χ4n) is 4.39. The molecule has 2 N–H and O–H groups in total. The zero-order chi connectivity index (χ0) is 22.7. The molecule has 0 radical (unpaired) electrons. The summed E-state index contributed by atoms with van der Waals surface area (Å²) >= 11 is 0. The van der Waals surface area contributed by atoms with Crippen LogP contribution in [0.5, 0.6) is 5.88 Å². The van der Waals surface area contributed by atoms with E-state index in [0.29, 0.717) is 29.3 Å². The maximum atomic E-state index is 14.3. The van der Waals surface area contributed by atoms with Crippen LogP contribution >= 0.6 is 0 Å². The van der Waals surface area contributed by atoms with Gasteiger partial charge in [-0.25, -0.2) is 14.4 Å². The SMILES string of the molecule is C[C@H]1Oc2nc(cnc2N)-c2c(cnn2CC2CC2)Cc2nn(C)nc2-c2ccc(F)cc21. The molecule has 1 aromatic carbocycles. The van der Waals surface area contributed by atoms with Crippen LogP contribution in [0.2, 0.25) is 0 Å². The fourth-order valence-corrected chi connectivity index (χ4v) is 4.39. The summed E-state index contributed by atoms with van der Waals surface area (Å²) in [5, 5.41) is 13.9. The van der Waals surface area contributed by atoms with Crippen LogP contribution in [0.4, 0.5) is 10.2 Å². The van der Waals surface area contributed by atoms with Crippen LogP contribution in [-0.4, -0.2) is 34.7 Å². The first-order valence-corrected chi connectivity index (χ1v) is 11.0. The van der Waals surface area contributed by atoms with Crippen molar-refractivity contribution >= 4 is 5.82 Å². The van der Waals surface area contributed by atoms with E-state index in [2.05, 4.69) is 20.3 Å². The quantitative estimate of drug-likeness (QED) is 0.503. The second-order valence-corrected chi connectivity index (χ2v) is 8.74. The highest BCUT2D eigenvalue weighted by molar-refractivity contribution is 5.68. The molecular weight excluding hydrogens is 423 g/mol. The van der Waals surface area contributed by atoms with E-state index in [1.54, 1.807) is 19.3 Å². The first-order chi connectivity index (χ1) is 16.0. The lowest BCUT2D eigenvalue weighted by Crippen LogP contribution is -2.12. The fraction of sp³-hybridized carbons (Fsp3) is 0.348. The summed E-state index contributed by atoms with van der Waals surface area (Å²) in [7, 11) is 1.78. The van der Waals surface area contributed by atoms with Crippen LogP contribution in [-0.2, 0) is 20.0 Å². The van der Waals surface area contributed by atoms with E-state index < -0.39 is 6.10 Å². The molecule has 10 heteroatoms. The van der Waals surface area contributed by atoms with Crippen LogP contribution in [0.3, 0.4) is 0 Å². The van der Waals surface area contributed by atoms with Gasteiger partial charge in [0, 0.05) is 36.7 Å². The lowest BCUT2D eigenvalue weighted by molar-refractivity contribution is 0.218. The van der Waals surface area contributed by atoms with Gasteiger partial charge >= 0.3 is 0 Å². The Hall–Kier alpha value is -3.82. The van der Waals surface area contributed by atoms with Crippen molar-refractivity contribution in [2.75, 3.05) is 5.73 Å². The van der Waals surface area contributed by atoms with E-state index in [0.717, 1.165) is 29.1 Å². The Morgan fingerprint density at radius 3 is 2.88 bits per heavy atom. The minimum Gasteiger partial charge on any atom is -0.467 e. The average molecular weight is 446 g/mol. The molecule has 0 saturated heterocycles. The van der Waals surface area contributed by atoms with Gasteiger partial charge in [-0.15, -0.1) is 0 Å². The molecule has 168 valence electrons. The number of anilines is 1. The van der Waals surface area contributed by atoms with Crippen molar-refractivity contribution in [3.8, 4) is 28.5 Å². The van der Waals surface area contributed by atoms with Gasteiger partial charge in [0.05, 0.1) is 23.8 Å². The molecule has 0 amide bonds.